The Morgan fingerprint density at radius 1 is 1.40 bits per heavy atom. The molecule has 0 radical (unpaired) electrons. The Balaban J connectivity index is 0. The fraction of sp³-hybridized carbons (Fsp3) is 0. The third-order valence-electron chi connectivity index (χ3n) is 0. The van der Waals surface area contributed by atoms with Crippen molar-refractivity contribution in [2.45, 2.75) is 0 Å². The Labute approximate surface area is 56.3 Å². The third-order valence-corrected chi connectivity index (χ3v) is 0. The molecule has 0 aromatic rings. The van der Waals surface area contributed by atoms with E-state index in [1.165, 1.54) is 0 Å². The first-order valence-electron chi connectivity index (χ1n) is 0.612. The molecule has 0 spiro atoms. The van der Waals surface area contributed by atoms with E-state index < -0.39 is 18.6 Å². The average molecular weight is 305 g/mol. The van der Waals surface area contributed by atoms with E-state index >= 15 is 0 Å². The summed E-state index contributed by atoms with van der Waals surface area (Å²) in [6.07, 6.45) is 0. The van der Waals surface area contributed by atoms with Crippen LogP contribution >= 0.6 is 0 Å². The third kappa shape index (κ3) is 32.8. The number of hydrogen-bond donors (Lipinski definition) is 0. The summed E-state index contributed by atoms with van der Waals surface area (Å²) in [5.74, 6) is 0. The van der Waals surface area contributed by atoms with Crippen molar-refractivity contribution in [1.29, 1.82) is 0 Å². The van der Waals surface area contributed by atoms with Gasteiger partial charge in [-0.2, -0.15) is 0 Å². The molecule has 0 aliphatic rings. The van der Waals surface area contributed by atoms with Gasteiger partial charge in [0, 0.05) is 0 Å². The Kier molecular flexibility index (Phi) is 10.3. The van der Waals surface area contributed by atoms with Gasteiger partial charge in [-0.1, -0.05) is 0 Å². The van der Waals surface area contributed by atoms with Gasteiger partial charge in [-0.3, -0.25) is 0 Å². The molecule has 0 atom stereocenters. The summed E-state index contributed by atoms with van der Waals surface area (Å²) in [5, 5.41) is 0. The summed E-state index contributed by atoms with van der Waals surface area (Å²) in [7, 11) is 0. The van der Waals surface area contributed by atoms with Crippen LogP contribution in [0.15, 0.2) is 0 Å². The van der Waals surface area contributed by atoms with Crippen molar-refractivity contribution >= 4 is 27.3 Å². The molecule has 0 N–H and O–H groups in total. The van der Waals surface area contributed by atoms with Crippen LogP contribution in [0.3, 0.4) is 0 Å². The van der Waals surface area contributed by atoms with Crippen molar-refractivity contribution < 1.29 is 29.3 Å². The molecule has 28 valence electrons. The summed E-state index contributed by atoms with van der Waals surface area (Å²) >= 11 is -4.08. The van der Waals surface area contributed by atoms with E-state index in [-0.39, 0.29) is 27.3 Å². The van der Waals surface area contributed by atoms with Gasteiger partial charge in [-0.25, -0.2) is 0 Å². The van der Waals surface area contributed by atoms with Crippen LogP contribution in [0.1, 0.15) is 0 Å². The second-order valence-corrected chi connectivity index (χ2v) is 1.03. The molecule has 0 rings (SSSR count). The van der Waals surface area contributed by atoms with Crippen molar-refractivity contribution in [3.05, 3.63) is 0 Å². The molecule has 0 aliphatic carbocycles. The van der Waals surface area contributed by atoms with Gasteiger partial charge in [0.15, 0.2) is 0 Å². The predicted molar refractivity (Wildman–Crippen MR) is 9.23 cm³/mol. The van der Waals surface area contributed by atoms with Gasteiger partial charge < -0.3 is 0 Å². The molecule has 3 nitrogen and oxygen atoms in total. The van der Waals surface area contributed by atoms with E-state index in [0.717, 1.165) is 0 Å². The Morgan fingerprint density at radius 2 is 1.40 bits per heavy atom. The summed E-state index contributed by atoms with van der Waals surface area (Å²) in [6.45, 7) is 0. The molecule has 0 aliphatic heterocycles. The van der Waals surface area contributed by atoms with Crippen molar-refractivity contribution in [3.8, 4) is 0 Å². The Hall–Kier alpha value is 1.36. The van der Waals surface area contributed by atoms with Crippen molar-refractivity contribution in [2.75, 3.05) is 0 Å². The first-order valence-corrected chi connectivity index (χ1v) is 2.52. The van der Waals surface area contributed by atoms with E-state index in [1.807, 2.05) is 0 Å². The van der Waals surface area contributed by atoms with Gasteiger partial charge >= 0.3 is 56.6 Å². The van der Waals surface area contributed by atoms with Crippen LogP contribution in [0.5, 0.6) is 0 Å². The molecule has 0 fully saturated rings. The second-order valence-electron chi connectivity index (χ2n) is 0.250. The van der Waals surface area contributed by atoms with E-state index in [4.69, 9.17) is 10.7 Å². The summed E-state index contributed by atoms with van der Waals surface area (Å²) < 4.78 is 25.8. The topological polar surface area (TPSA) is 63.2 Å². The van der Waals surface area contributed by atoms with Crippen molar-refractivity contribution in [1.82, 2.24) is 0 Å². The molecule has 0 aromatic carbocycles. The van der Waals surface area contributed by atoms with Gasteiger partial charge in [-0.05, 0) is 0 Å². The van der Waals surface area contributed by atoms with E-state index in [2.05, 4.69) is 0 Å². The Morgan fingerprint density at radius 3 is 1.40 bits per heavy atom. The number of hydrogen-bond acceptors (Lipinski definition) is 3. The quantitative estimate of drug-likeness (QED) is 0.438. The van der Waals surface area contributed by atoms with Crippen LogP contribution in [0.4, 0.5) is 0 Å². The fourth-order valence-corrected chi connectivity index (χ4v) is 0. The van der Waals surface area contributed by atoms with Crippen LogP contribution in [0, 0.1) is 0 Å². The molecule has 0 aromatic heterocycles. The van der Waals surface area contributed by atoms with Crippen LogP contribution in [-0.2, 0) is 21.9 Å². The van der Waals surface area contributed by atoms with Gasteiger partial charge in [0.25, 0.3) is 0 Å². The first-order chi connectivity index (χ1) is 1.73. The maximum absolute atomic E-state index is 8.58. The number of rotatable bonds is 0. The van der Waals surface area contributed by atoms with Gasteiger partial charge in [0.1, 0.15) is 0 Å². The van der Waals surface area contributed by atoms with Crippen molar-refractivity contribution in [2.24, 2.45) is 0 Å². The second kappa shape index (κ2) is 5.36. The summed E-state index contributed by atoms with van der Waals surface area (Å²) in [4.78, 5) is 0. The van der Waals surface area contributed by atoms with E-state index in [0.29, 0.717) is 0 Å². The zero-order valence-corrected chi connectivity index (χ0v) is 9.49. The molecule has 0 heterocycles. The zero-order valence-electron chi connectivity index (χ0n) is 2.43. The molecule has 0 saturated carbocycles. The van der Waals surface area contributed by atoms with Gasteiger partial charge in [0.05, 0.1) is 0 Å². The van der Waals surface area contributed by atoms with Gasteiger partial charge in [-0.15, -0.1) is 0 Å². The molecule has 0 amide bonds. The summed E-state index contributed by atoms with van der Waals surface area (Å²) in [6, 6.07) is 0. The van der Waals surface area contributed by atoms with Gasteiger partial charge in [0.2, 0.25) is 0 Å². The van der Waals surface area contributed by atoms with Crippen molar-refractivity contribution in [3.63, 3.8) is 0 Å². The summed E-state index contributed by atoms with van der Waals surface area (Å²) in [5.41, 5.74) is 0. The monoisotopic (exact) mass is 306 g/mol. The minimum absolute atomic E-state index is 0. The Bertz CT molecular complexity index is 29.9. The first kappa shape index (κ1) is 9.61. The molecule has 5 heavy (non-hydrogen) atoms. The molecule has 0 bridgehead atoms. The predicted octanol–water partition coefficient (Wildman–Crippen LogP) is -3.42. The van der Waals surface area contributed by atoms with Crippen LogP contribution in [-0.4, -0.2) is 27.3 Å². The SMILES string of the molecule is [O]=[Ti]([O-])[O-].[PbH2+2]. The molecule has 0 unspecified atom stereocenters. The average Bonchev–Trinajstić information content (AvgIpc) is 0.811. The normalized spacial score (nSPS) is 5.20. The van der Waals surface area contributed by atoms with Crippen LogP contribution < -0.4 is 7.38 Å². The standard InChI is InChI=1S/3O.Pb.Ti.2H/q;2*-1;+2;;;. The molecular formula is H2O3PbTi. The fourth-order valence-electron chi connectivity index (χ4n) is 0. The zero-order chi connectivity index (χ0) is 3.58. The minimum atomic E-state index is -4.08. The molecule has 5 heteroatoms. The van der Waals surface area contributed by atoms with E-state index in [1.54, 1.807) is 0 Å². The van der Waals surface area contributed by atoms with Crippen LogP contribution in [0.2, 0.25) is 0 Å². The molecule has 0 saturated heterocycles. The van der Waals surface area contributed by atoms with E-state index in [9.17, 15) is 0 Å². The maximum atomic E-state index is 8.58. The molecular weight excluding hydrogens is 303 g/mol. The van der Waals surface area contributed by atoms with Crippen LogP contribution in [0.25, 0.3) is 0 Å².